The second-order valence-corrected chi connectivity index (χ2v) is 4.45. The lowest BCUT2D eigenvalue weighted by atomic mass is 10.1. The number of nitrogens with zero attached hydrogens (tertiary/aromatic N) is 1. The first-order chi connectivity index (χ1) is 7.19. The van der Waals surface area contributed by atoms with E-state index in [-0.39, 0.29) is 0 Å². The normalized spacial score (nSPS) is 28.6. The van der Waals surface area contributed by atoms with Crippen LogP contribution in [0.2, 0.25) is 0 Å². The van der Waals surface area contributed by atoms with Crippen LogP contribution in [0.25, 0.3) is 0 Å². The Morgan fingerprint density at radius 2 is 2.07 bits per heavy atom. The summed E-state index contributed by atoms with van der Waals surface area (Å²) in [6.45, 7) is 13.2. The van der Waals surface area contributed by atoms with E-state index in [1.165, 1.54) is 0 Å². The van der Waals surface area contributed by atoms with Gasteiger partial charge in [-0.25, -0.2) is 0 Å². The quantitative estimate of drug-likeness (QED) is 0.725. The molecule has 0 aliphatic carbocycles. The molecule has 0 radical (unpaired) electrons. The van der Waals surface area contributed by atoms with E-state index < -0.39 is 0 Å². The summed E-state index contributed by atoms with van der Waals surface area (Å²) in [6, 6.07) is 1.18. The average Bonchev–Trinajstić information content (AvgIpc) is 2.63. The lowest BCUT2D eigenvalue weighted by molar-refractivity contribution is 0.111. The minimum absolute atomic E-state index is 0.383. The summed E-state index contributed by atoms with van der Waals surface area (Å²) in [5, 5.41) is 3.61. The van der Waals surface area contributed by atoms with Crippen molar-refractivity contribution >= 4 is 0 Å². The summed E-state index contributed by atoms with van der Waals surface area (Å²) >= 11 is 0. The van der Waals surface area contributed by atoms with E-state index in [0.29, 0.717) is 18.2 Å². The van der Waals surface area contributed by atoms with Crippen LogP contribution in [-0.4, -0.2) is 49.3 Å². The van der Waals surface area contributed by atoms with Crippen LogP contribution in [0.5, 0.6) is 0 Å². The molecule has 3 nitrogen and oxygen atoms in total. The SMILES string of the molecule is CCN(CC)C(C)CNC1CCOC1C. The lowest BCUT2D eigenvalue weighted by Crippen LogP contribution is -2.45. The van der Waals surface area contributed by atoms with Gasteiger partial charge in [0.2, 0.25) is 0 Å². The molecule has 3 unspecified atom stereocenters. The second-order valence-electron chi connectivity index (χ2n) is 4.45. The summed E-state index contributed by atoms with van der Waals surface area (Å²) in [5.41, 5.74) is 0. The first-order valence-electron chi connectivity index (χ1n) is 6.28. The first-order valence-corrected chi connectivity index (χ1v) is 6.28. The number of hydrogen-bond donors (Lipinski definition) is 1. The molecule has 1 aliphatic rings. The number of rotatable bonds is 6. The van der Waals surface area contributed by atoms with E-state index in [9.17, 15) is 0 Å². The van der Waals surface area contributed by atoms with Gasteiger partial charge in [-0.05, 0) is 33.4 Å². The molecule has 1 N–H and O–H groups in total. The van der Waals surface area contributed by atoms with Gasteiger partial charge in [0.1, 0.15) is 0 Å². The maximum Gasteiger partial charge on any atom is 0.0700 e. The summed E-state index contributed by atoms with van der Waals surface area (Å²) in [5.74, 6) is 0. The smallest absolute Gasteiger partial charge is 0.0700 e. The highest BCUT2D eigenvalue weighted by Crippen LogP contribution is 2.12. The first kappa shape index (κ1) is 12.9. The summed E-state index contributed by atoms with van der Waals surface area (Å²) in [6.07, 6.45) is 1.54. The maximum absolute atomic E-state index is 5.53. The van der Waals surface area contributed by atoms with Crippen molar-refractivity contribution in [2.24, 2.45) is 0 Å². The molecule has 0 amide bonds. The van der Waals surface area contributed by atoms with E-state index in [4.69, 9.17) is 4.74 Å². The largest absolute Gasteiger partial charge is 0.377 e. The van der Waals surface area contributed by atoms with Crippen LogP contribution >= 0.6 is 0 Å². The van der Waals surface area contributed by atoms with Gasteiger partial charge in [0, 0.05) is 25.2 Å². The van der Waals surface area contributed by atoms with Gasteiger partial charge in [-0.1, -0.05) is 13.8 Å². The highest BCUT2D eigenvalue weighted by atomic mass is 16.5. The van der Waals surface area contributed by atoms with E-state index in [1.54, 1.807) is 0 Å². The van der Waals surface area contributed by atoms with Crippen LogP contribution in [0.15, 0.2) is 0 Å². The molecule has 0 saturated carbocycles. The van der Waals surface area contributed by atoms with Gasteiger partial charge < -0.3 is 10.1 Å². The highest BCUT2D eigenvalue weighted by Gasteiger charge is 2.24. The van der Waals surface area contributed by atoms with Gasteiger partial charge >= 0.3 is 0 Å². The van der Waals surface area contributed by atoms with Gasteiger partial charge in [-0.15, -0.1) is 0 Å². The molecule has 3 heteroatoms. The van der Waals surface area contributed by atoms with Crippen molar-refractivity contribution < 1.29 is 4.74 Å². The Kier molecular flexibility index (Phi) is 5.58. The number of nitrogens with one attached hydrogen (secondary N) is 1. The Morgan fingerprint density at radius 1 is 1.40 bits per heavy atom. The van der Waals surface area contributed by atoms with Crippen molar-refractivity contribution in [1.29, 1.82) is 0 Å². The van der Waals surface area contributed by atoms with Crippen LogP contribution in [0.3, 0.4) is 0 Å². The van der Waals surface area contributed by atoms with Crippen molar-refractivity contribution in [2.45, 2.75) is 52.3 Å². The molecule has 1 saturated heterocycles. The van der Waals surface area contributed by atoms with Crippen molar-refractivity contribution in [3.63, 3.8) is 0 Å². The van der Waals surface area contributed by atoms with Gasteiger partial charge in [0.15, 0.2) is 0 Å². The molecular formula is C12H26N2O. The van der Waals surface area contributed by atoms with Crippen LogP contribution in [0, 0.1) is 0 Å². The standard InChI is InChI=1S/C12H26N2O/c1-5-14(6-2)10(3)9-13-12-7-8-15-11(12)4/h10-13H,5-9H2,1-4H3. The molecule has 0 bridgehead atoms. The molecule has 15 heavy (non-hydrogen) atoms. The third-order valence-corrected chi connectivity index (χ3v) is 3.49. The van der Waals surface area contributed by atoms with E-state index in [0.717, 1.165) is 32.7 Å². The molecule has 1 fully saturated rings. The van der Waals surface area contributed by atoms with Crippen LogP contribution in [-0.2, 0) is 4.74 Å². The third-order valence-electron chi connectivity index (χ3n) is 3.49. The fourth-order valence-corrected chi connectivity index (χ4v) is 2.30. The van der Waals surface area contributed by atoms with E-state index in [1.807, 2.05) is 0 Å². The average molecular weight is 214 g/mol. The Balaban J connectivity index is 2.23. The number of ether oxygens (including phenoxy) is 1. The minimum atomic E-state index is 0.383. The van der Waals surface area contributed by atoms with Gasteiger partial charge in [-0.3, -0.25) is 4.90 Å². The van der Waals surface area contributed by atoms with Crippen LogP contribution in [0.1, 0.15) is 34.1 Å². The molecule has 1 aliphatic heterocycles. The van der Waals surface area contributed by atoms with E-state index in [2.05, 4.69) is 37.9 Å². The van der Waals surface area contributed by atoms with Crippen LogP contribution in [0.4, 0.5) is 0 Å². The van der Waals surface area contributed by atoms with Gasteiger partial charge in [-0.2, -0.15) is 0 Å². The molecule has 1 heterocycles. The Bertz CT molecular complexity index is 171. The zero-order chi connectivity index (χ0) is 11.3. The lowest BCUT2D eigenvalue weighted by Gasteiger charge is -2.28. The second kappa shape index (κ2) is 6.46. The fourth-order valence-electron chi connectivity index (χ4n) is 2.30. The highest BCUT2D eigenvalue weighted by molar-refractivity contribution is 4.81. The molecule has 1 rings (SSSR count). The zero-order valence-electron chi connectivity index (χ0n) is 10.6. The Hall–Kier alpha value is -0.120. The topological polar surface area (TPSA) is 24.5 Å². The zero-order valence-corrected chi connectivity index (χ0v) is 10.6. The molecule has 0 aromatic heterocycles. The summed E-state index contributed by atoms with van der Waals surface area (Å²) in [7, 11) is 0. The molecule has 0 aromatic rings. The van der Waals surface area contributed by atoms with Gasteiger partial charge in [0.25, 0.3) is 0 Å². The Morgan fingerprint density at radius 3 is 2.53 bits per heavy atom. The Labute approximate surface area is 94.2 Å². The molecule has 0 spiro atoms. The van der Waals surface area contributed by atoms with Gasteiger partial charge in [0.05, 0.1) is 6.10 Å². The van der Waals surface area contributed by atoms with Crippen molar-refractivity contribution in [2.75, 3.05) is 26.2 Å². The third kappa shape index (κ3) is 3.74. The number of hydrogen-bond acceptors (Lipinski definition) is 3. The van der Waals surface area contributed by atoms with E-state index >= 15 is 0 Å². The monoisotopic (exact) mass is 214 g/mol. The van der Waals surface area contributed by atoms with Crippen molar-refractivity contribution in [3.05, 3.63) is 0 Å². The molecule has 3 atom stereocenters. The molecular weight excluding hydrogens is 188 g/mol. The maximum atomic E-state index is 5.53. The fraction of sp³-hybridized carbons (Fsp3) is 1.00. The number of likely N-dealkylation sites (N-methyl/N-ethyl adjacent to an activating group) is 1. The summed E-state index contributed by atoms with van der Waals surface area (Å²) < 4.78 is 5.53. The predicted octanol–water partition coefficient (Wildman–Crippen LogP) is 1.48. The minimum Gasteiger partial charge on any atom is -0.377 e. The van der Waals surface area contributed by atoms with Crippen LogP contribution < -0.4 is 5.32 Å². The summed E-state index contributed by atoms with van der Waals surface area (Å²) in [4.78, 5) is 2.48. The van der Waals surface area contributed by atoms with Crippen molar-refractivity contribution in [1.82, 2.24) is 10.2 Å². The molecule has 90 valence electrons. The molecule has 0 aromatic carbocycles. The predicted molar refractivity (Wildman–Crippen MR) is 64.2 cm³/mol. The van der Waals surface area contributed by atoms with Crippen molar-refractivity contribution in [3.8, 4) is 0 Å².